The lowest BCUT2D eigenvalue weighted by Gasteiger charge is -2.02. The normalized spacial score (nSPS) is 14.4. The molecule has 1 N–H and O–H groups in total. The first-order valence-corrected chi connectivity index (χ1v) is 6.75. The van der Waals surface area contributed by atoms with Crippen molar-refractivity contribution in [2.24, 2.45) is 0 Å². The third kappa shape index (κ3) is 2.77. The summed E-state index contributed by atoms with van der Waals surface area (Å²) >= 11 is 11.9. The van der Waals surface area contributed by atoms with Crippen LogP contribution in [0.25, 0.3) is 11.3 Å². The molecule has 3 nitrogen and oxygen atoms in total. The molecule has 1 aliphatic rings. The molecule has 0 bridgehead atoms. The number of hydrogen-bond acceptors (Lipinski definition) is 2. The van der Waals surface area contributed by atoms with Crippen molar-refractivity contribution in [1.82, 2.24) is 5.32 Å². The standard InChI is InChI=1S/C14H11Cl2NO2/c15-8-1-4-10(11(16)7-8)12-5-6-13(19-12)14(18)17-9-2-3-9/h1,4-7,9H,2-3H2,(H,17,18). The number of benzene rings is 1. The van der Waals surface area contributed by atoms with E-state index < -0.39 is 0 Å². The van der Waals surface area contributed by atoms with Gasteiger partial charge in [0.25, 0.3) is 5.91 Å². The molecule has 0 saturated heterocycles. The van der Waals surface area contributed by atoms with Gasteiger partial charge in [-0.15, -0.1) is 0 Å². The van der Waals surface area contributed by atoms with E-state index in [1.54, 1.807) is 30.3 Å². The Bertz CT molecular complexity index is 632. The van der Waals surface area contributed by atoms with Crippen LogP contribution in [0.2, 0.25) is 10.0 Å². The molecule has 0 atom stereocenters. The Labute approximate surface area is 120 Å². The zero-order valence-electron chi connectivity index (χ0n) is 9.95. The van der Waals surface area contributed by atoms with Crippen LogP contribution in [0, 0.1) is 0 Å². The molecule has 1 saturated carbocycles. The van der Waals surface area contributed by atoms with Crippen LogP contribution in [-0.2, 0) is 0 Å². The summed E-state index contributed by atoms with van der Waals surface area (Å²) in [6.45, 7) is 0. The van der Waals surface area contributed by atoms with E-state index in [0.29, 0.717) is 27.6 Å². The molecule has 0 unspecified atom stereocenters. The average Bonchev–Trinajstić information content (AvgIpc) is 3.04. The van der Waals surface area contributed by atoms with E-state index >= 15 is 0 Å². The van der Waals surface area contributed by atoms with E-state index in [0.717, 1.165) is 18.4 Å². The molecule has 1 amide bonds. The summed E-state index contributed by atoms with van der Waals surface area (Å²) in [4.78, 5) is 11.8. The second-order valence-electron chi connectivity index (χ2n) is 4.54. The van der Waals surface area contributed by atoms with E-state index in [4.69, 9.17) is 27.6 Å². The SMILES string of the molecule is O=C(NC1CC1)c1ccc(-c2ccc(Cl)cc2Cl)o1. The number of rotatable bonds is 3. The molecule has 0 spiro atoms. The highest BCUT2D eigenvalue weighted by molar-refractivity contribution is 6.36. The molecule has 5 heteroatoms. The van der Waals surface area contributed by atoms with Gasteiger partial charge in [0.2, 0.25) is 0 Å². The Balaban J connectivity index is 1.85. The van der Waals surface area contributed by atoms with Crippen LogP contribution in [0.4, 0.5) is 0 Å². The van der Waals surface area contributed by atoms with Crippen molar-refractivity contribution < 1.29 is 9.21 Å². The van der Waals surface area contributed by atoms with Crippen LogP contribution < -0.4 is 5.32 Å². The summed E-state index contributed by atoms with van der Waals surface area (Å²) in [7, 11) is 0. The van der Waals surface area contributed by atoms with Gasteiger partial charge >= 0.3 is 0 Å². The summed E-state index contributed by atoms with van der Waals surface area (Å²) < 4.78 is 5.54. The number of amides is 1. The van der Waals surface area contributed by atoms with Crippen LogP contribution >= 0.6 is 23.2 Å². The molecule has 2 aromatic rings. The summed E-state index contributed by atoms with van der Waals surface area (Å²) in [5.41, 5.74) is 0.719. The van der Waals surface area contributed by atoms with Crippen molar-refractivity contribution in [1.29, 1.82) is 0 Å². The molecule has 0 radical (unpaired) electrons. The maximum Gasteiger partial charge on any atom is 0.287 e. The van der Waals surface area contributed by atoms with E-state index in [1.165, 1.54) is 0 Å². The number of carbonyl (C=O) groups excluding carboxylic acids is 1. The first kappa shape index (κ1) is 12.6. The molecule has 3 rings (SSSR count). The van der Waals surface area contributed by atoms with Gasteiger partial charge in [0.05, 0.1) is 5.02 Å². The van der Waals surface area contributed by atoms with Crippen molar-refractivity contribution in [3.8, 4) is 11.3 Å². The topological polar surface area (TPSA) is 42.2 Å². The second kappa shape index (κ2) is 4.91. The Hall–Kier alpha value is -1.45. The van der Waals surface area contributed by atoms with Gasteiger partial charge in [-0.05, 0) is 43.2 Å². The van der Waals surface area contributed by atoms with Crippen LogP contribution in [-0.4, -0.2) is 11.9 Å². The number of halogens is 2. The zero-order valence-corrected chi connectivity index (χ0v) is 11.5. The summed E-state index contributed by atoms with van der Waals surface area (Å²) in [5, 5.41) is 3.93. The highest BCUT2D eigenvalue weighted by Crippen LogP contribution is 2.31. The molecule has 1 aromatic carbocycles. The van der Waals surface area contributed by atoms with Gasteiger partial charge in [0.15, 0.2) is 5.76 Å². The third-order valence-corrected chi connectivity index (χ3v) is 3.49. The number of hydrogen-bond donors (Lipinski definition) is 1. The van der Waals surface area contributed by atoms with Crippen LogP contribution in [0.15, 0.2) is 34.7 Å². The van der Waals surface area contributed by atoms with Gasteiger partial charge in [0.1, 0.15) is 5.76 Å². The van der Waals surface area contributed by atoms with Gasteiger partial charge in [0, 0.05) is 16.6 Å². The first-order valence-electron chi connectivity index (χ1n) is 5.99. The van der Waals surface area contributed by atoms with Crippen LogP contribution in [0.5, 0.6) is 0 Å². The van der Waals surface area contributed by atoms with Crippen LogP contribution in [0.3, 0.4) is 0 Å². The van der Waals surface area contributed by atoms with Gasteiger partial charge in [-0.25, -0.2) is 0 Å². The molecular weight excluding hydrogens is 285 g/mol. The van der Waals surface area contributed by atoms with Gasteiger partial charge in [-0.1, -0.05) is 23.2 Å². The zero-order chi connectivity index (χ0) is 13.4. The fourth-order valence-corrected chi connectivity index (χ4v) is 2.28. The highest BCUT2D eigenvalue weighted by atomic mass is 35.5. The lowest BCUT2D eigenvalue weighted by Crippen LogP contribution is -2.24. The molecule has 1 aromatic heterocycles. The summed E-state index contributed by atoms with van der Waals surface area (Å²) in [5.74, 6) is 0.675. The smallest absolute Gasteiger partial charge is 0.287 e. The molecule has 0 aliphatic heterocycles. The minimum atomic E-state index is -0.182. The Morgan fingerprint density at radius 3 is 2.68 bits per heavy atom. The largest absolute Gasteiger partial charge is 0.451 e. The number of nitrogens with one attached hydrogen (secondary N) is 1. The van der Waals surface area contributed by atoms with Crippen molar-refractivity contribution >= 4 is 29.1 Å². The van der Waals surface area contributed by atoms with Crippen molar-refractivity contribution in [2.75, 3.05) is 0 Å². The quantitative estimate of drug-likeness (QED) is 0.924. The van der Waals surface area contributed by atoms with Crippen LogP contribution in [0.1, 0.15) is 23.4 Å². The predicted molar refractivity (Wildman–Crippen MR) is 74.7 cm³/mol. The predicted octanol–water partition coefficient (Wildman–Crippen LogP) is 4.15. The van der Waals surface area contributed by atoms with Crippen molar-refractivity contribution in [3.05, 3.63) is 46.1 Å². The van der Waals surface area contributed by atoms with Gasteiger partial charge in [-0.2, -0.15) is 0 Å². The average molecular weight is 296 g/mol. The minimum absolute atomic E-state index is 0.182. The van der Waals surface area contributed by atoms with E-state index in [2.05, 4.69) is 5.32 Å². The molecule has 1 heterocycles. The molecule has 98 valence electrons. The second-order valence-corrected chi connectivity index (χ2v) is 5.38. The number of carbonyl (C=O) groups is 1. The highest BCUT2D eigenvalue weighted by Gasteiger charge is 2.25. The Morgan fingerprint density at radius 1 is 1.21 bits per heavy atom. The lowest BCUT2D eigenvalue weighted by atomic mass is 10.2. The van der Waals surface area contributed by atoms with Crippen molar-refractivity contribution in [2.45, 2.75) is 18.9 Å². The monoisotopic (exact) mass is 295 g/mol. The van der Waals surface area contributed by atoms with E-state index in [9.17, 15) is 4.79 Å². The maximum absolute atomic E-state index is 11.8. The fraction of sp³-hybridized carbons (Fsp3) is 0.214. The van der Waals surface area contributed by atoms with E-state index in [1.807, 2.05) is 0 Å². The van der Waals surface area contributed by atoms with Gasteiger partial charge < -0.3 is 9.73 Å². The fourth-order valence-electron chi connectivity index (χ4n) is 1.78. The molecule has 1 fully saturated rings. The maximum atomic E-state index is 11.8. The Morgan fingerprint density at radius 2 is 2.00 bits per heavy atom. The van der Waals surface area contributed by atoms with Gasteiger partial charge in [-0.3, -0.25) is 4.79 Å². The molecule has 19 heavy (non-hydrogen) atoms. The minimum Gasteiger partial charge on any atom is -0.451 e. The Kier molecular flexibility index (Phi) is 3.25. The molecule has 1 aliphatic carbocycles. The summed E-state index contributed by atoms with van der Waals surface area (Å²) in [6.07, 6.45) is 2.09. The molecular formula is C14H11Cl2NO2. The lowest BCUT2D eigenvalue weighted by molar-refractivity contribution is 0.0924. The first-order chi connectivity index (χ1) is 9.13. The van der Waals surface area contributed by atoms with E-state index in [-0.39, 0.29) is 5.91 Å². The summed E-state index contributed by atoms with van der Waals surface area (Å²) in [6, 6.07) is 8.83. The third-order valence-electron chi connectivity index (χ3n) is 2.94. The number of furan rings is 1. The van der Waals surface area contributed by atoms with Crippen molar-refractivity contribution in [3.63, 3.8) is 0 Å².